The Balaban J connectivity index is 1.95. The van der Waals surface area contributed by atoms with Crippen LogP contribution >= 0.6 is 0 Å². The van der Waals surface area contributed by atoms with Crippen molar-refractivity contribution < 1.29 is 63.9 Å². The lowest BCUT2D eigenvalue weighted by atomic mass is 9.91. The van der Waals surface area contributed by atoms with Gasteiger partial charge in [-0.25, -0.2) is 0 Å². The highest BCUT2D eigenvalue weighted by atomic mass is 16.8. The van der Waals surface area contributed by atoms with E-state index < -0.39 is 86.6 Å². The molecule has 0 radical (unpaired) electrons. The molecule has 0 aromatic carbocycles. The largest absolute Gasteiger partial charge is 0.463 e. The van der Waals surface area contributed by atoms with Crippen LogP contribution in [0.1, 0.15) is 297 Å². The van der Waals surface area contributed by atoms with E-state index in [4.69, 9.17) is 23.7 Å². The zero-order chi connectivity index (χ0) is 54.7. The number of ether oxygens (including phenoxy) is 5. The molecule has 13 nitrogen and oxygen atoms in total. The maximum Gasteiger partial charge on any atom is 0.306 e. The normalized spacial score (nSPS) is 24.1. The number of carbonyl (C=O) groups excluding carboxylic acids is 2. The molecule has 2 aliphatic rings. The molecule has 10 atom stereocenters. The Hall–Kier alpha value is -1.42. The fraction of sp³-hybridized carbons (Fsp3) is 0.968. The van der Waals surface area contributed by atoms with Crippen LogP contribution in [0, 0.1) is 11.8 Å². The Bertz CT molecular complexity index is 1180. The maximum absolute atomic E-state index is 13.4. The minimum Gasteiger partial charge on any atom is -0.463 e. The second-order valence-electron chi connectivity index (χ2n) is 23.1. The SMILES string of the molecule is CCCCCCCCCCCC(CCCCCCCCCCC)CC(=O)OCC1O[C@H](O[C@H]2OC(COC(=O)CC(CCCCCCCCCCC)CCCCCCCCCCC)[C@@H](O)[C@H](O)C2O)C(O)[C@@H](O)[C@@H]1O. The van der Waals surface area contributed by atoms with Crippen LogP contribution in [0.4, 0.5) is 0 Å². The Morgan fingerprint density at radius 1 is 0.333 bits per heavy atom. The monoisotopic (exact) mass is 1070 g/mol. The highest BCUT2D eigenvalue weighted by Gasteiger charge is 2.50. The topological polar surface area (TPSA) is 202 Å². The van der Waals surface area contributed by atoms with Gasteiger partial charge in [0.15, 0.2) is 12.6 Å². The van der Waals surface area contributed by atoms with Crippen LogP contribution in [0.15, 0.2) is 0 Å². The Morgan fingerprint density at radius 2 is 0.560 bits per heavy atom. The molecule has 2 saturated heterocycles. The first-order chi connectivity index (χ1) is 36.5. The summed E-state index contributed by atoms with van der Waals surface area (Å²) in [4.78, 5) is 26.7. The van der Waals surface area contributed by atoms with E-state index in [1.165, 1.54) is 180 Å². The fourth-order valence-electron chi connectivity index (χ4n) is 11.1. The Labute approximate surface area is 458 Å². The van der Waals surface area contributed by atoms with Crippen LogP contribution in [-0.4, -0.2) is 117 Å². The average Bonchev–Trinajstić information content (AvgIpc) is 3.40. The third-order valence-electron chi connectivity index (χ3n) is 16.2. The molecule has 0 saturated carbocycles. The summed E-state index contributed by atoms with van der Waals surface area (Å²) >= 11 is 0. The molecule has 2 rings (SSSR count). The van der Waals surface area contributed by atoms with Crippen LogP contribution in [0.5, 0.6) is 0 Å². The highest BCUT2D eigenvalue weighted by molar-refractivity contribution is 5.70. The van der Waals surface area contributed by atoms with Gasteiger partial charge in [-0.2, -0.15) is 0 Å². The van der Waals surface area contributed by atoms with Gasteiger partial charge in [-0.3, -0.25) is 9.59 Å². The zero-order valence-electron chi connectivity index (χ0n) is 48.6. The summed E-state index contributed by atoms with van der Waals surface area (Å²) < 4.78 is 28.9. The van der Waals surface area contributed by atoms with E-state index in [1.807, 2.05) is 0 Å². The molecule has 75 heavy (non-hydrogen) atoms. The first-order valence-electron chi connectivity index (χ1n) is 31.8. The molecule has 2 fully saturated rings. The Kier molecular flexibility index (Phi) is 43.1. The third-order valence-corrected chi connectivity index (χ3v) is 16.2. The van der Waals surface area contributed by atoms with Crippen LogP contribution in [-0.2, 0) is 33.3 Å². The number of hydrogen-bond acceptors (Lipinski definition) is 13. The number of aliphatic hydroxyl groups is 6. The van der Waals surface area contributed by atoms with Crippen LogP contribution in [0.25, 0.3) is 0 Å². The lowest BCUT2D eigenvalue weighted by Gasteiger charge is -2.44. The summed E-state index contributed by atoms with van der Waals surface area (Å²) in [6.45, 7) is 8.11. The standard InChI is InChI=1S/C62H118O13/c1-5-9-13-17-21-25-29-33-37-41-49(42-38-34-30-26-22-18-14-10-6-2)45-53(63)71-47-51-55(65)57(67)59(69)61(73-51)75-62-60(70)58(68)56(66)52(74-62)48-72-54(64)46-50(43-39-35-31-27-23-19-15-11-7-3)44-40-36-32-28-24-20-16-12-8-4/h49-52,55-62,65-70H,5-48H2,1-4H3/t51?,52?,55-,56-,57+,58+,59?,60?,61-,62-/m1/s1. The molecule has 444 valence electrons. The molecule has 13 heteroatoms. The van der Waals surface area contributed by atoms with Crippen LogP contribution in [0.3, 0.4) is 0 Å². The molecular weight excluding hydrogens is 953 g/mol. The van der Waals surface area contributed by atoms with Gasteiger partial charge in [-0.05, 0) is 37.5 Å². The number of rotatable bonds is 50. The molecule has 0 amide bonds. The highest BCUT2D eigenvalue weighted by Crippen LogP contribution is 2.30. The Morgan fingerprint density at radius 3 is 0.800 bits per heavy atom. The minimum absolute atomic E-state index is 0.168. The van der Waals surface area contributed by atoms with Crippen molar-refractivity contribution in [1.29, 1.82) is 0 Å². The van der Waals surface area contributed by atoms with Gasteiger partial charge < -0.3 is 54.3 Å². The third kappa shape index (κ3) is 33.1. The molecule has 2 heterocycles. The van der Waals surface area contributed by atoms with Crippen molar-refractivity contribution in [3.63, 3.8) is 0 Å². The molecule has 0 aromatic heterocycles. The van der Waals surface area contributed by atoms with Gasteiger partial charge in [0.25, 0.3) is 0 Å². The molecule has 0 bridgehead atoms. The molecule has 4 unspecified atom stereocenters. The van der Waals surface area contributed by atoms with E-state index >= 15 is 0 Å². The summed E-state index contributed by atoms with van der Waals surface area (Å²) in [5.74, 6) is -0.525. The van der Waals surface area contributed by atoms with Gasteiger partial charge in [0, 0.05) is 12.8 Å². The van der Waals surface area contributed by atoms with E-state index in [0.717, 1.165) is 77.0 Å². The second kappa shape index (κ2) is 46.3. The summed E-state index contributed by atoms with van der Waals surface area (Å²) in [5, 5.41) is 65.5. The van der Waals surface area contributed by atoms with Crippen molar-refractivity contribution in [2.75, 3.05) is 13.2 Å². The lowest BCUT2D eigenvalue weighted by Crippen LogP contribution is -2.64. The molecule has 0 aromatic rings. The van der Waals surface area contributed by atoms with E-state index in [-0.39, 0.29) is 24.7 Å². The molecule has 2 aliphatic heterocycles. The predicted molar refractivity (Wildman–Crippen MR) is 300 cm³/mol. The molecule has 6 N–H and O–H groups in total. The van der Waals surface area contributed by atoms with Crippen molar-refractivity contribution in [2.24, 2.45) is 11.8 Å². The number of hydrogen-bond donors (Lipinski definition) is 6. The van der Waals surface area contributed by atoms with Crippen LogP contribution in [0.2, 0.25) is 0 Å². The fourth-order valence-corrected chi connectivity index (χ4v) is 11.1. The first kappa shape index (κ1) is 69.7. The van der Waals surface area contributed by atoms with Crippen molar-refractivity contribution in [3.05, 3.63) is 0 Å². The van der Waals surface area contributed by atoms with Crippen molar-refractivity contribution in [1.82, 2.24) is 0 Å². The molecular formula is C62H118O13. The van der Waals surface area contributed by atoms with Crippen molar-refractivity contribution >= 4 is 11.9 Å². The summed E-state index contributed by atoms with van der Waals surface area (Å²) in [5.41, 5.74) is 0. The summed E-state index contributed by atoms with van der Waals surface area (Å²) in [6, 6.07) is 0. The van der Waals surface area contributed by atoms with Crippen molar-refractivity contribution in [3.8, 4) is 0 Å². The van der Waals surface area contributed by atoms with Gasteiger partial charge in [-0.1, -0.05) is 259 Å². The second-order valence-corrected chi connectivity index (χ2v) is 23.1. The number of carbonyl (C=O) groups is 2. The van der Waals surface area contributed by atoms with E-state index in [2.05, 4.69) is 27.7 Å². The first-order valence-corrected chi connectivity index (χ1v) is 31.8. The molecule has 0 aliphatic carbocycles. The average molecular weight is 1070 g/mol. The quantitative estimate of drug-likeness (QED) is 0.0248. The van der Waals surface area contributed by atoms with Gasteiger partial charge in [0.1, 0.15) is 62.0 Å². The zero-order valence-corrected chi connectivity index (χ0v) is 48.6. The maximum atomic E-state index is 13.4. The number of esters is 2. The van der Waals surface area contributed by atoms with E-state index in [1.54, 1.807) is 0 Å². The van der Waals surface area contributed by atoms with Gasteiger partial charge >= 0.3 is 11.9 Å². The van der Waals surface area contributed by atoms with E-state index in [9.17, 15) is 40.2 Å². The van der Waals surface area contributed by atoms with Gasteiger partial charge in [0.05, 0.1) is 0 Å². The van der Waals surface area contributed by atoms with Gasteiger partial charge in [-0.15, -0.1) is 0 Å². The predicted octanol–water partition coefficient (Wildman–Crippen LogP) is 13.4. The smallest absolute Gasteiger partial charge is 0.306 e. The summed E-state index contributed by atoms with van der Waals surface area (Å²) in [7, 11) is 0. The minimum atomic E-state index is -1.81. The lowest BCUT2D eigenvalue weighted by molar-refractivity contribution is -0.376. The number of aliphatic hydroxyl groups excluding tert-OH is 6. The van der Waals surface area contributed by atoms with E-state index in [0.29, 0.717) is 0 Å². The van der Waals surface area contributed by atoms with Crippen molar-refractivity contribution in [2.45, 2.75) is 359 Å². The van der Waals surface area contributed by atoms with Gasteiger partial charge in [0.2, 0.25) is 0 Å². The van der Waals surface area contributed by atoms with Crippen LogP contribution < -0.4 is 0 Å². The summed E-state index contributed by atoms with van der Waals surface area (Å²) in [6.07, 6.45) is 32.1. The molecule has 0 spiro atoms. The number of unbranched alkanes of at least 4 members (excludes halogenated alkanes) is 32.